The van der Waals surface area contributed by atoms with Gasteiger partial charge in [-0.15, -0.1) is 0 Å². The van der Waals surface area contributed by atoms with E-state index in [-0.39, 0.29) is 12.2 Å². The van der Waals surface area contributed by atoms with Crippen molar-refractivity contribution in [1.82, 2.24) is 4.98 Å². The number of Topliss-reactive ketones (excluding diaryl/α,β-unsaturated/α-hetero) is 1. The van der Waals surface area contributed by atoms with Gasteiger partial charge in [-0.2, -0.15) is 0 Å². The number of aromatic amines is 1. The average molecular weight is 261 g/mol. The molecule has 0 bridgehead atoms. The topological polar surface area (TPSA) is 68.4 Å². The highest BCUT2D eigenvalue weighted by atomic mass is 16.5. The third-order valence-electron chi connectivity index (χ3n) is 2.90. The highest BCUT2D eigenvalue weighted by Gasteiger charge is 2.20. The van der Waals surface area contributed by atoms with E-state index in [0.717, 1.165) is 16.5 Å². The Hall–Kier alpha value is -2.30. The van der Waals surface area contributed by atoms with Crippen LogP contribution in [0, 0.1) is 6.92 Å². The summed E-state index contributed by atoms with van der Waals surface area (Å²) in [4.78, 5) is 26.5. The molecule has 19 heavy (non-hydrogen) atoms. The molecule has 2 rings (SSSR count). The van der Waals surface area contributed by atoms with Gasteiger partial charge >= 0.3 is 5.97 Å². The fourth-order valence-electron chi connectivity index (χ4n) is 1.94. The summed E-state index contributed by atoms with van der Waals surface area (Å²) in [6.45, 7) is 3.75. The second-order valence-corrected chi connectivity index (χ2v) is 4.12. The van der Waals surface area contributed by atoms with Crippen LogP contribution in [0.3, 0.4) is 0 Å². The van der Waals surface area contributed by atoms with Crippen LogP contribution in [-0.4, -0.2) is 30.5 Å². The molecule has 0 saturated carbocycles. The highest BCUT2D eigenvalue weighted by molar-refractivity contribution is 6.41. The van der Waals surface area contributed by atoms with Crippen molar-refractivity contribution < 1.29 is 19.1 Å². The molecule has 0 radical (unpaired) electrons. The molecule has 0 amide bonds. The number of H-pyrrole nitrogens is 1. The second kappa shape index (κ2) is 5.14. The Morgan fingerprint density at radius 3 is 2.68 bits per heavy atom. The molecular weight excluding hydrogens is 246 g/mol. The molecule has 2 aromatic rings. The first-order valence-electron chi connectivity index (χ1n) is 5.95. The van der Waals surface area contributed by atoms with Gasteiger partial charge in [0.25, 0.3) is 5.78 Å². The minimum atomic E-state index is -0.850. The number of hydrogen-bond donors (Lipinski definition) is 1. The number of methoxy groups -OCH3 is 1. The summed E-state index contributed by atoms with van der Waals surface area (Å²) in [7, 11) is 1.52. The Bertz CT molecular complexity index is 642. The van der Waals surface area contributed by atoms with Crippen LogP contribution in [0.15, 0.2) is 18.3 Å². The van der Waals surface area contributed by atoms with Gasteiger partial charge in [0.2, 0.25) is 0 Å². The molecule has 0 unspecified atom stereocenters. The minimum Gasteiger partial charge on any atom is -0.495 e. The van der Waals surface area contributed by atoms with Crippen LogP contribution in [0.25, 0.3) is 10.9 Å². The Balaban J connectivity index is 2.52. The number of ketones is 1. The van der Waals surface area contributed by atoms with Gasteiger partial charge in [0.15, 0.2) is 0 Å². The van der Waals surface area contributed by atoms with E-state index in [0.29, 0.717) is 5.75 Å². The van der Waals surface area contributed by atoms with Crippen molar-refractivity contribution in [3.63, 3.8) is 0 Å². The van der Waals surface area contributed by atoms with Gasteiger partial charge in [-0.25, -0.2) is 4.79 Å². The number of benzene rings is 1. The molecule has 1 aromatic heterocycles. The maximum absolute atomic E-state index is 11.9. The number of nitrogens with one attached hydrogen (secondary N) is 1. The van der Waals surface area contributed by atoms with E-state index in [1.807, 2.05) is 13.1 Å². The first kappa shape index (κ1) is 13.1. The molecule has 0 spiro atoms. The number of hydrogen-bond acceptors (Lipinski definition) is 4. The Morgan fingerprint density at radius 2 is 2.05 bits per heavy atom. The molecule has 0 aliphatic carbocycles. The molecule has 1 N–H and O–H groups in total. The SMILES string of the molecule is CCOC(=O)C(=O)c1cc(OC)c2[nH]cc(C)c2c1. The highest BCUT2D eigenvalue weighted by Crippen LogP contribution is 2.29. The standard InChI is InChI=1S/C14H15NO4/c1-4-19-14(17)13(16)9-5-10-8(2)7-15-12(10)11(6-9)18-3/h5-7,15H,4H2,1-3H3. The van der Waals surface area contributed by atoms with Crippen molar-refractivity contribution in [1.29, 1.82) is 0 Å². The smallest absolute Gasteiger partial charge is 0.379 e. The average Bonchev–Trinajstić information content (AvgIpc) is 2.79. The molecule has 1 heterocycles. The van der Waals surface area contributed by atoms with Crippen LogP contribution in [0.4, 0.5) is 0 Å². The minimum absolute atomic E-state index is 0.174. The Labute approximate surface area is 110 Å². The van der Waals surface area contributed by atoms with E-state index in [1.54, 1.807) is 13.0 Å². The van der Waals surface area contributed by atoms with E-state index in [9.17, 15) is 9.59 Å². The first-order valence-corrected chi connectivity index (χ1v) is 5.95. The normalized spacial score (nSPS) is 10.5. The lowest BCUT2D eigenvalue weighted by Gasteiger charge is -2.06. The molecular formula is C14H15NO4. The quantitative estimate of drug-likeness (QED) is 0.520. The Kier molecular flexibility index (Phi) is 3.55. The van der Waals surface area contributed by atoms with Crippen molar-refractivity contribution in [2.45, 2.75) is 13.8 Å². The van der Waals surface area contributed by atoms with E-state index in [4.69, 9.17) is 9.47 Å². The summed E-state index contributed by atoms with van der Waals surface area (Å²) in [6.07, 6.45) is 1.83. The van der Waals surface area contributed by atoms with E-state index >= 15 is 0 Å². The van der Waals surface area contributed by atoms with Crippen LogP contribution in [0.1, 0.15) is 22.8 Å². The zero-order valence-corrected chi connectivity index (χ0v) is 11.1. The lowest BCUT2D eigenvalue weighted by Crippen LogP contribution is -2.17. The van der Waals surface area contributed by atoms with E-state index in [1.165, 1.54) is 13.2 Å². The maximum Gasteiger partial charge on any atom is 0.379 e. The van der Waals surface area contributed by atoms with Crippen LogP contribution in [0.2, 0.25) is 0 Å². The predicted octanol–water partition coefficient (Wildman–Crippen LogP) is 2.23. The summed E-state index contributed by atoms with van der Waals surface area (Å²) in [5.41, 5.74) is 2.05. The fourth-order valence-corrected chi connectivity index (χ4v) is 1.94. The predicted molar refractivity (Wildman–Crippen MR) is 70.6 cm³/mol. The van der Waals surface area contributed by atoms with Crippen LogP contribution in [0.5, 0.6) is 5.75 Å². The van der Waals surface area contributed by atoms with Gasteiger partial charge in [0.1, 0.15) is 5.75 Å². The zero-order valence-electron chi connectivity index (χ0n) is 11.1. The van der Waals surface area contributed by atoms with Crippen molar-refractivity contribution >= 4 is 22.7 Å². The van der Waals surface area contributed by atoms with E-state index < -0.39 is 11.8 Å². The number of carbonyl (C=O) groups is 2. The summed E-state index contributed by atoms with van der Waals surface area (Å²) >= 11 is 0. The van der Waals surface area contributed by atoms with Crippen LogP contribution in [-0.2, 0) is 9.53 Å². The number of carbonyl (C=O) groups excluding carboxylic acids is 2. The summed E-state index contributed by atoms with van der Waals surface area (Å²) in [5.74, 6) is -0.988. The molecule has 0 aliphatic heterocycles. The van der Waals surface area contributed by atoms with Crippen molar-refractivity contribution in [2.24, 2.45) is 0 Å². The van der Waals surface area contributed by atoms with Gasteiger partial charge in [-0.1, -0.05) is 0 Å². The molecule has 1 aromatic carbocycles. The zero-order chi connectivity index (χ0) is 14.0. The van der Waals surface area contributed by atoms with Crippen molar-refractivity contribution in [3.8, 4) is 5.75 Å². The molecule has 100 valence electrons. The monoisotopic (exact) mass is 261 g/mol. The number of aromatic nitrogens is 1. The molecule has 0 atom stereocenters. The third kappa shape index (κ3) is 2.31. The number of aryl methyl sites for hydroxylation is 1. The van der Waals surface area contributed by atoms with Crippen LogP contribution >= 0.6 is 0 Å². The summed E-state index contributed by atoms with van der Waals surface area (Å²) < 4.78 is 9.95. The maximum atomic E-state index is 11.9. The third-order valence-corrected chi connectivity index (χ3v) is 2.90. The summed E-state index contributed by atoms with van der Waals surface area (Å²) in [6, 6.07) is 3.21. The van der Waals surface area contributed by atoms with Gasteiger partial charge in [-0.3, -0.25) is 4.79 Å². The largest absolute Gasteiger partial charge is 0.495 e. The molecule has 0 fully saturated rings. The van der Waals surface area contributed by atoms with Crippen molar-refractivity contribution in [2.75, 3.05) is 13.7 Å². The number of ether oxygens (including phenoxy) is 2. The van der Waals surface area contributed by atoms with Gasteiger partial charge in [0, 0.05) is 17.1 Å². The van der Waals surface area contributed by atoms with Gasteiger partial charge in [-0.05, 0) is 31.5 Å². The number of esters is 1. The molecule has 0 aliphatic rings. The number of fused-ring (bicyclic) bond motifs is 1. The lowest BCUT2D eigenvalue weighted by molar-refractivity contribution is -0.137. The second-order valence-electron chi connectivity index (χ2n) is 4.12. The van der Waals surface area contributed by atoms with Crippen LogP contribution < -0.4 is 4.74 Å². The number of rotatable bonds is 4. The van der Waals surface area contributed by atoms with E-state index in [2.05, 4.69) is 4.98 Å². The van der Waals surface area contributed by atoms with Gasteiger partial charge in [0.05, 0.1) is 19.2 Å². The van der Waals surface area contributed by atoms with Crippen molar-refractivity contribution in [3.05, 3.63) is 29.5 Å². The molecule has 0 saturated heterocycles. The first-order chi connectivity index (χ1) is 9.08. The molecule has 5 heteroatoms. The summed E-state index contributed by atoms with van der Waals surface area (Å²) in [5, 5.41) is 0.854. The fraction of sp³-hybridized carbons (Fsp3) is 0.286. The lowest BCUT2D eigenvalue weighted by atomic mass is 10.1. The van der Waals surface area contributed by atoms with Gasteiger partial charge < -0.3 is 14.5 Å². The molecule has 5 nitrogen and oxygen atoms in total. The Morgan fingerprint density at radius 1 is 1.32 bits per heavy atom.